The summed E-state index contributed by atoms with van der Waals surface area (Å²) in [6.45, 7) is 2.38. The van der Waals surface area contributed by atoms with Crippen molar-refractivity contribution in [1.29, 1.82) is 0 Å². The quantitative estimate of drug-likeness (QED) is 0.208. The number of nitrogens with zero attached hydrogens (tertiary/aromatic N) is 3. The summed E-state index contributed by atoms with van der Waals surface area (Å²) in [5.74, 6) is 1.63. The van der Waals surface area contributed by atoms with Gasteiger partial charge in [-0.25, -0.2) is 9.97 Å². The van der Waals surface area contributed by atoms with Gasteiger partial charge >= 0.3 is 0 Å². The molecule has 2 aromatic heterocycles. The van der Waals surface area contributed by atoms with E-state index < -0.39 is 0 Å². The van der Waals surface area contributed by atoms with E-state index in [-0.39, 0.29) is 5.41 Å². The Labute approximate surface area is 262 Å². The lowest BCUT2D eigenvalue weighted by Crippen LogP contribution is -2.22. The molecule has 2 aliphatic rings. The van der Waals surface area contributed by atoms with Gasteiger partial charge < -0.3 is 0 Å². The predicted octanol–water partition coefficient (Wildman–Crippen LogP) is 10.3. The number of rotatable bonds is 4. The summed E-state index contributed by atoms with van der Waals surface area (Å²) in [6, 6.07) is 46.0. The SMILES string of the molecule is CC1(c2ccccc2)c2ccccc2-c2cc3c(cc21)c1ccccc1n3-c1cc(C2=CC=CCC2)nc(-c2ccccc2)n1. The molecule has 7 aromatic rings. The normalized spacial score (nSPS) is 17.0. The highest BCUT2D eigenvalue weighted by Gasteiger charge is 2.41. The third kappa shape index (κ3) is 3.90. The van der Waals surface area contributed by atoms with Crippen LogP contribution in [-0.4, -0.2) is 14.5 Å². The van der Waals surface area contributed by atoms with Gasteiger partial charge in [0.25, 0.3) is 0 Å². The van der Waals surface area contributed by atoms with Crippen LogP contribution in [0.25, 0.3) is 55.7 Å². The maximum atomic E-state index is 5.26. The fraction of sp³-hybridized carbons (Fsp3) is 0.0952. The fourth-order valence-electron chi connectivity index (χ4n) is 7.53. The Morgan fingerprint density at radius 3 is 2.22 bits per heavy atom. The van der Waals surface area contributed by atoms with Crippen molar-refractivity contribution in [3.05, 3.63) is 168 Å². The van der Waals surface area contributed by atoms with Gasteiger partial charge in [0, 0.05) is 27.8 Å². The number of allylic oxidation sites excluding steroid dienone is 4. The highest BCUT2D eigenvalue weighted by molar-refractivity contribution is 6.11. The molecule has 0 amide bonds. The Morgan fingerprint density at radius 2 is 1.40 bits per heavy atom. The summed E-state index contributed by atoms with van der Waals surface area (Å²) in [7, 11) is 0. The summed E-state index contributed by atoms with van der Waals surface area (Å²) in [6.07, 6.45) is 8.56. The molecule has 1 atom stereocenters. The molecule has 0 saturated heterocycles. The second-order valence-corrected chi connectivity index (χ2v) is 12.3. The summed E-state index contributed by atoms with van der Waals surface area (Å²) >= 11 is 0. The van der Waals surface area contributed by atoms with Crippen molar-refractivity contribution >= 4 is 27.4 Å². The molecule has 214 valence electrons. The average molecular weight is 578 g/mol. The summed E-state index contributed by atoms with van der Waals surface area (Å²) in [5.41, 5.74) is 11.9. The number of benzene rings is 5. The van der Waals surface area contributed by atoms with Crippen LogP contribution in [0.5, 0.6) is 0 Å². The number of hydrogen-bond acceptors (Lipinski definition) is 2. The van der Waals surface area contributed by atoms with Gasteiger partial charge in [-0.15, -0.1) is 0 Å². The largest absolute Gasteiger partial charge is 0.294 e. The third-order valence-corrected chi connectivity index (χ3v) is 9.77. The van der Waals surface area contributed by atoms with Crippen molar-refractivity contribution in [2.75, 3.05) is 0 Å². The first kappa shape index (κ1) is 25.9. The van der Waals surface area contributed by atoms with Crippen molar-refractivity contribution in [3.8, 4) is 28.3 Å². The molecule has 0 spiro atoms. The monoisotopic (exact) mass is 577 g/mol. The molecule has 0 radical (unpaired) electrons. The zero-order valence-corrected chi connectivity index (χ0v) is 25.1. The molecule has 0 N–H and O–H groups in total. The molecule has 9 rings (SSSR count). The van der Waals surface area contributed by atoms with Gasteiger partial charge in [-0.05, 0) is 71.4 Å². The molecule has 0 fully saturated rings. The van der Waals surface area contributed by atoms with Crippen molar-refractivity contribution in [2.24, 2.45) is 0 Å². The highest BCUT2D eigenvalue weighted by Crippen LogP contribution is 2.54. The average Bonchev–Trinajstić information content (AvgIpc) is 3.58. The molecular weight excluding hydrogens is 546 g/mol. The first-order valence-electron chi connectivity index (χ1n) is 15.7. The van der Waals surface area contributed by atoms with Crippen molar-refractivity contribution in [2.45, 2.75) is 25.2 Å². The smallest absolute Gasteiger partial charge is 0.162 e. The Bertz CT molecular complexity index is 2330. The van der Waals surface area contributed by atoms with E-state index in [1.54, 1.807) is 0 Å². The van der Waals surface area contributed by atoms with Crippen molar-refractivity contribution in [3.63, 3.8) is 0 Å². The number of aromatic nitrogens is 3. The summed E-state index contributed by atoms with van der Waals surface area (Å²) < 4.78 is 2.35. The van der Waals surface area contributed by atoms with E-state index in [2.05, 4.69) is 151 Å². The van der Waals surface area contributed by atoms with Crippen LogP contribution in [0.15, 0.2) is 146 Å². The van der Waals surface area contributed by atoms with Gasteiger partial charge in [0.05, 0.1) is 16.7 Å². The second-order valence-electron chi connectivity index (χ2n) is 12.3. The maximum absolute atomic E-state index is 5.26. The minimum Gasteiger partial charge on any atom is -0.294 e. The number of para-hydroxylation sites is 1. The van der Waals surface area contributed by atoms with Crippen LogP contribution in [0.4, 0.5) is 0 Å². The van der Waals surface area contributed by atoms with Crippen LogP contribution < -0.4 is 0 Å². The van der Waals surface area contributed by atoms with Crippen LogP contribution in [0, 0.1) is 0 Å². The van der Waals surface area contributed by atoms with Gasteiger partial charge in [-0.1, -0.05) is 121 Å². The van der Waals surface area contributed by atoms with E-state index in [1.807, 2.05) is 6.07 Å². The standard InChI is InChI=1S/C42H31N3/c1-42(30-19-9-4-10-20-30)35-23-13-11-21-31(35)33-26-39-34(25-36(33)42)32-22-12-14-24-38(32)45(39)40-27-37(28-15-5-2-6-16-28)43-41(44-40)29-17-7-3-8-18-29/h2-5,7-15,17-27H,6,16H2,1H3. The summed E-state index contributed by atoms with van der Waals surface area (Å²) in [5, 5.41) is 2.46. The van der Waals surface area contributed by atoms with Crippen LogP contribution in [0.1, 0.15) is 42.1 Å². The van der Waals surface area contributed by atoms with Crippen LogP contribution in [0.3, 0.4) is 0 Å². The highest BCUT2D eigenvalue weighted by atomic mass is 15.1. The maximum Gasteiger partial charge on any atom is 0.162 e. The van der Waals surface area contributed by atoms with Crippen LogP contribution in [0.2, 0.25) is 0 Å². The molecule has 0 bridgehead atoms. The van der Waals surface area contributed by atoms with E-state index in [0.717, 1.165) is 46.8 Å². The zero-order chi connectivity index (χ0) is 30.0. The Morgan fingerprint density at radius 1 is 0.644 bits per heavy atom. The van der Waals surface area contributed by atoms with Gasteiger partial charge in [0.1, 0.15) is 5.82 Å². The lowest BCUT2D eigenvalue weighted by atomic mass is 9.74. The van der Waals surface area contributed by atoms with E-state index in [0.29, 0.717) is 0 Å². The minimum atomic E-state index is -0.256. The predicted molar refractivity (Wildman–Crippen MR) is 186 cm³/mol. The van der Waals surface area contributed by atoms with Crippen molar-refractivity contribution < 1.29 is 0 Å². The second kappa shape index (κ2) is 10.0. The number of hydrogen-bond donors (Lipinski definition) is 0. The lowest BCUT2D eigenvalue weighted by molar-refractivity contribution is 0.715. The summed E-state index contributed by atoms with van der Waals surface area (Å²) in [4.78, 5) is 10.4. The molecule has 0 saturated carbocycles. The molecule has 0 aliphatic heterocycles. The molecule has 5 aromatic carbocycles. The Kier molecular flexibility index (Phi) is 5.76. The Hall–Kier alpha value is -5.54. The molecular formula is C42H31N3. The van der Waals surface area contributed by atoms with E-state index in [4.69, 9.17) is 9.97 Å². The number of fused-ring (bicyclic) bond motifs is 6. The molecule has 3 heteroatoms. The van der Waals surface area contributed by atoms with Crippen LogP contribution in [-0.2, 0) is 5.41 Å². The van der Waals surface area contributed by atoms with E-state index in [9.17, 15) is 0 Å². The topological polar surface area (TPSA) is 30.7 Å². The first-order valence-corrected chi connectivity index (χ1v) is 15.7. The third-order valence-electron chi connectivity index (χ3n) is 9.77. The lowest BCUT2D eigenvalue weighted by Gasteiger charge is -2.28. The molecule has 2 heterocycles. The molecule has 2 aliphatic carbocycles. The van der Waals surface area contributed by atoms with Gasteiger partial charge in [-0.3, -0.25) is 4.57 Å². The zero-order valence-electron chi connectivity index (χ0n) is 25.1. The molecule has 45 heavy (non-hydrogen) atoms. The first-order chi connectivity index (χ1) is 22.2. The Balaban J connectivity index is 1.36. The molecule has 3 nitrogen and oxygen atoms in total. The van der Waals surface area contributed by atoms with Gasteiger partial charge in [0.15, 0.2) is 5.82 Å². The van der Waals surface area contributed by atoms with Gasteiger partial charge in [0.2, 0.25) is 0 Å². The van der Waals surface area contributed by atoms with E-state index in [1.165, 1.54) is 44.2 Å². The fourth-order valence-corrected chi connectivity index (χ4v) is 7.53. The minimum absolute atomic E-state index is 0.256. The van der Waals surface area contributed by atoms with Gasteiger partial charge in [-0.2, -0.15) is 0 Å². The van der Waals surface area contributed by atoms with Crippen LogP contribution >= 0.6 is 0 Å². The van der Waals surface area contributed by atoms with E-state index >= 15 is 0 Å². The molecule has 1 unspecified atom stereocenters. The van der Waals surface area contributed by atoms with Crippen molar-refractivity contribution in [1.82, 2.24) is 14.5 Å².